The minimum Gasteiger partial charge on any atom is -0.473 e. The van der Waals surface area contributed by atoms with E-state index in [9.17, 15) is 13.2 Å². The van der Waals surface area contributed by atoms with E-state index in [1.54, 1.807) is 6.08 Å². The van der Waals surface area contributed by atoms with Crippen LogP contribution >= 0.6 is 23.2 Å². The predicted octanol–water partition coefficient (Wildman–Crippen LogP) is 5.55. The molecule has 2 aromatic rings. The summed E-state index contributed by atoms with van der Waals surface area (Å²) in [5, 5.41) is 13.3. The molecule has 160 valence electrons. The van der Waals surface area contributed by atoms with Gasteiger partial charge in [-0.05, 0) is 31.4 Å². The van der Waals surface area contributed by atoms with Crippen molar-refractivity contribution in [3.8, 4) is 5.88 Å². The maximum absolute atomic E-state index is 13.2. The van der Waals surface area contributed by atoms with Crippen LogP contribution in [0.5, 0.6) is 5.88 Å². The Morgan fingerprint density at radius 3 is 2.67 bits per heavy atom. The summed E-state index contributed by atoms with van der Waals surface area (Å²) < 4.78 is 50.7. The summed E-state index contributed by atoms with van der Waals surface area (Å²) in [4.78, 5) is 3.54. The fourth-order valence-corrected chi connectivity index (χ4v) is 4.01. The third-order valence-electron chi connectivity index (χ3n) is 4.96. The Morgan fingerprint density at radius 1 is 1.27 bits per heavy atom. The van der Waals surface area contributed by atoms with Crippen molar-refractivity contribution in [2.24, 2.45) is 0 Å². The summed E-state index contributed by atoms with van der Waals surface area (Å²) in [6, 6.07) is 2.42. The number of alkyl halides is 4. The van der Waals surface area contributed by atoms with Crippen LogP contribution in [0.1, 0.15) is 53.5 Å². The van der Waals surface area contributed by atoms with E-state index in [-0.39, 0.29) is 24.0 Å². The van der Waals surface area contributed by atoms with Crippen molar-refractivity contribution in [2.75, 3.05) is 0 Å². The molecule has 1 unspecified atom stereocenters. The van der Waals surface area contributed by atoms with Crippen molar-refractivity contribution in [2.45, 2.75) is 49.9 Å². The molecule has 0 saturated heterocycles. The summed E-state index contributed by atoms with van der Waals surface area (Å²) in [6.45, 7) is -0.880. The van der Waals surface area contributed by atoms with Crippen LogP contribution in [-0.4, -0.2) is 20.6 Å². The summed E-state index contributed by atoms with van der Waals surface area (Å²) in [5.74, 6) is 0.593. The number of rotatable bonds is 6. The van der Waals surface area contributed by atoms with Gasteiger partial charge in [0.15, 0.2) is 5.69 Å². The number of aliphatic hydroxyl groups is 1. The van der Waals surface area contributed by atoms with Gasteiger partial charge in [0.25, 0.3) is 0 Å². The molecule has 4 rings (SSSR count). The quantitative estimate of drug-likeness (QED) is 0.571. The van der Waals surface area contributed by atoms with E-state index in [1.165, 1.54) is 6.07 Å². The lowest BCUT2D eigenvalue weighted by Gasteiger charge is -2.17. The Bertz CT molecular complexity index is 1010. The van der Waals surface area contributed by atoms with Crippen LogP contribution in [0.15, 0.2) is 33.8 Å². The van der Waals surface area contributed by atoms with Crippen molar-refractivity contribution in [1.82, 2.24) is 10.1 Å². The van der Waals surface area contributed by atoms with Gasteiger partial charge in [-0.2, -0.15) is 13.2 Å². The molecule has 10 heteroatoms. The summed E-state index contributed by atoms with van der Waals surface area (Å²) in [5.41, 5.74) is 0.159. The minimum absolute atomic E-state index is 0.103. The third-order valence-corrected chi connectivity index (χ3v) is 5.68. The largest absolute Gasteiger partial charge is 0.473 e. The fraction of sp³-hybridized carbons (Fsp3) is 0.400. The second-order valence-electron chi connectivity index (χ2n) is 7.12. The van der Waals surface area contributed by atoms with Gasteiger partial charge >= 0.3 is 6.18 Å². The van der Waals surface area contributed by atoms with Crippen LogP contribution in [0.3, 0.4) is 0 Å². The van der Waals surface area contributed by atoms with Crippen molar-refractivity contribution in [3.63, 3.8) is 0 Å². The zero-order valence-corrected chi connectivity index (χ0v) is 17.1. The van der Waals surface area contributed by atoms with E-state index in [4.69, 9.17) is 37.6 Å². The number of aliphatic hydroxyl groups excluding tert-OH is 1. The molecule has 0 radical (unpaired) electrons. The third kappa shape index (κ3) is 4.22. The monoisotopic (exact) mass is 460 g/mol. The maximum Gasteiger partial charge on any atom is 0.433 e. The fourth-order valence-electron chi connectivity index (χ4n) is 3.32. The first kappa shape index (κ1) is 21.2. The number of hydrogen-bond acceptors (Lipinski definition) is 5. The number of nitrogens with zero attached hydrogens (tertiary/aromatic N) is 2. The van der Waals surface area contributed by atoms with Gasteiger partial charge in [-0.3, -0.25) is 0 Å². The van der Waals surface area contributed by atoms with Gasteiger partial charge in [-0.1, -0.05) is 22.8 Å². The normalized spacial score (nSPS) is 19.5. The Hall–Kier alpha value is -2.03. The number of allylic oxidation sites excluding steroid dienone is 4. The standard InChI is InChI=1S/C20H17Cl2F3N2O3/c21-13-2-1-3-14(22)16(13)17-12(18(30-27-17)10-4-5-10)9-29-15-7-6-11(8-28)19(26-15)20(23,24)25/h1-2,6-7,10,14,28H,3-5,8-9H2. The molecule has 1 atom stereocenters. The van der Waals surface area contributed by atoms with E-state index in [0.29, 0.717) is 34.0 Å². The summed E-state index contributed by atoms with van der Waals surface area (Å²) >= 11 is 12.8. The lowest BCUT2D eigenvalue weighted by atomic mass is 9.97. The highest BCUT2D eigenvalue weighted by molar-refractivity contribution is 6.38. The van der Waals surface area contributed by atoms with Crippen molar-refractivity contribution < 1.29 is 27.5 Å². The molecule has 2 aromatic heterocycles. The highest BCUT2D eigenvalue weighted by Crippen LogP contribution is 2.45. The molecule has 2 aliphatic carbocycles. The van der Waals surface area contributed by atoms with Gasteiger partial charge < -0.3 is 14.4 Å². The molecule has 0 bridgehead atoms. The lowest BCUT2D eigenvalue weighted by Crippen LogP contribution is -2.14. The number of halogens is 5. The molecule has 0 amide bonds. The Balaban J connectivity index is 1.66. The maximum atomic E-state index is 13.2. The summed E-state index contributed by atoms with van der Waals surface area (Å²) in [6.07, 6.45) is 1.31. The molecule has 0 spiro atoms. The molecular formula is C20H17Cl2F3N2O3. The first-order valence-electron chi connectivity index (χ1n) is 9.29. The van der Waals surface area contributed by atoms with Gasteiger partial charge in [0.2, 0.25) is 5.88 Å². The molecule has 5 nitrogen and oxygen atoms in total. The van der Waals surface area contributed by atoms with Gasteiger partial charge in [0.1, 0.15) is 18.1 Å². The molecule has 1 saturated carbocycles. The second-order valence-corrected chi connectivity index (χ2v) is 8.05. The molecule has 1 fully saturated rings. The predicted molar refractivity (Wildman–Crippen MR) is 104 cm³/mol. The van der Waals surface area contributed by atoms with Crippen LogP contribution in [0.25, 0.3) is 5.57 Å². The van der Waals surface area contributed by atoms with Crippen molar-refractivity contribution in [1.29, 1.82) is 0 Å². The average Bonchev–Trinajstić information content (AvgIpc) is 3.46. The van der Waals surface area contributed by atoms with E-state index in [2.05, 4.69) is 10.1 Å². The van der Waals surface area contributed by atoms with Crippen LogP contribution in [-0.2, 0) is 19.4 Å². The van der Waals surface area contributed by atoms with Crippen LogP contribution < -0.4 is 4.74 Å². The van der Waals surface area contributed by atoms with E-state index in [1.807, 2.05) is 6.08 Å². The topological polar surface area (TPSA) is 68.4 Å². The van der Waals surface area contributed by atoms with Crippen molar-refractivity contribution in [3.05, 3.63) is 57.6 Å². The number of hydrogen-bond donors (Lipinski definition) is 1. The van der Waals surface area contributed by atoms with Gasteiger partial charge in [-0.15, -0.1) is 11.6 Å². The smallest absolute Gasteiger partial charge is 0.433 e. The minimum atomic E-state index is -4.71. The highest BCUT2D eigenvalue weighted by atomic mass is 35.5. The Kier molecular flexibility index (Phi) is 5.83. The van der Waals surface area contributed by atoms with E-state index >= 15 is 0 Å². The van der Waals surface area contributed by atoms with Crippen LogP contribution in [0.2, 0.25) is 0 Å². The first-order valence-corrected chi connectivity index (χ1v) is 10.1. The number of pyridine rings is 1. The lowest BCUT2D eigenvalue weighted by molar-refractivity contribution is -0.142. The van der Waals surface area contributed by atoms with Gasteiger partial charge in [-0.25, -0.2) is 4.98 Å². The molecule has 30 heavy (non-hydrogen) atoms. The second kappa shape index (κ2) is 8.24. The first-order chi connectivity index (χ1) is 14.3. The molecular weight excluding hydrogens is 444 g/mol. The molecule has 0 aromatic carbocycles. The summed E-state index contributed by atoms with van der Waals surface area (Å²) in [7, 11) is 0. The van der Waals surface area contributed by atoms with Crippen LogP contribution in [0, 0.1) is 0 Å². The molecule has 0 aliphatic heterocycles. The highest BCUT2D eigenvalue weighted by Gasteiger charge is 2.37. The van der Waals surface area contributed by atoms with Gasteiger partial charge in [0.05, 0.1) is 17.5 Å². The van der Waals surface area contributed by atoms with E-state index in [0.717, 1.165) is 18.9 Å². The van der Waals surface area contributed by atoms with E-state index < -0.39 is 23.9 Å². The number of aromatic nitrogens is 2. The number of ether oxygens (including phenoxy) is 1. The SMILES string of the molecule is OCc1ccc(OCc2c(C3=C(Cl)C=CCC3Cl)noc2C2CC2)nc1C(F)(F)F. The average molecular weight is 461 g/mol. The van der Waals surface area contributed by atoms with Gasteiger partial charge in [0, 0.05) is 28.2 Å². The Morgan fingerprint density at radius 2 is 2.03 bits per heavy atom. The zero-order chi connectivity index (χ0) is 21.5. The molecule has 1 N–H and O–H groups in total. The molecule has 2 heterocycles. The molecule has 2 aliphatic rings. The Labute approximate surface area is 180 Å². The zero-order valence-electron chi connectivity index (χ0n) is 15.5. The van der Waals surface area contributed by atoms with Crippen LogP contribution in [0.4, 0.5) is 13.2 Å². The van der Waals surface area contributed by atoms with Crippen molar-refractivity contribution >= 4 is 28.8 Å².